The lowest BCUT2D eigenvalue weighted by molar-refractivity contribution is 0.365. The molecule has 0 heterocycles. The topological polar surface area (TPSA) is 3.24 Å². The van der Waals surface area contributed by atoms with Gasteiger partial charge in [-0.2, -0.15) is 0 Å². The lowest BCUT2D eigenvalue weighted by atomic mass is 9.88. The zero-order valence-corrected chi connectivity index (χ0v) is 12.0. The normalized spacial score (nSPS) is 16.0. The molecule has 1 aliphatic carbocycles. The summed E-state index contributed by atoms with van der Waals surface area (Å²) < 4.78 is 0. The lowest BCUT2D eigenvalue weighted by Crippen LogP contribution is -2.26. The molecule has 1 saturated carbocycles. The van der Waals surface area contributed by atoms with Gasteiger partial charge in [0.15, 0.2) is 0 Å². The van der Waals surface area contributed by atoms with Crippen molar-refractivity contribution in [1.29, 1.82) is 0 Å². The van der Waals surface area contributed by atoms with E-state index in [1.165, 1.54) is 43.5 Å². The first-order chi connectivity index (χ1) is 9.93. The number of rotatable bonds is 4. The maximum Gasteiger partial charge on any atom is 0.0410 e. The molecule has 0 atom stereocenters. The Bertz CT molecular complexity index is 460. The Labute approximate surface area is 122 Å². The molecule has 3 rings (SSSR count). The van der Waals surface area contributed by atoms with Crippen LogP contribution in [0.15, 0.2) is 60.7 Å². The molecule has 0 aromatic heterocycles. The molecule has 0 saturated heterocycles. The van der Waals surface area contributed by atoms with Crippen LogP contribution in [0.4, 0.5) is 11.4 Å². The van der Waals surface area contributed by atoms with Crippen molar-refractivity contribution >= 4 is 11.4 Å². The molecule has 1 fully saturated rings. The Morgan fingerprint density at radius 2 is 1.20 bits per heavy atom. The Kier molecular flexibility index (Phi) is 4.37. The van der Waals surface area contributed by atoms with Crippen molar-refractivity contribution in [2.75, 3.05) is 11.4 Å². The molecular formula is C19H23N. The number of nitrogens with zero attached hydrogens (tertiary/aromatic N) is 1. The van der Waals surface area contributed by atoms with Crippen LogP contribution < -0.4 is 4.90 Å². The fourth-order valence-electron chi connectivity index (χ4n) is 3.20. The van der Waals surface area contributed by atoms with Gasteiger partial charge >= 0.3 is 0 Å². The smallest absolute Gasteiger partial charge is 0.0410 e. The highest BCUT2D eigenvalue weighted by Crippen LogP contribution is 2.30. The van der Waals surface area contributed by atoms with Crippen molar-refractivity contribution in [2.24, 2.45) is 5.92 Å². The summed E-state index contributed by atoms with van der Waals surface area (Å²) in [5.74, 6) is 0.837. The van der Waals surface area contributed by atoms with Crippen LogP contribution in [0.5, 0.6) is 0 Å². The zero-order valence-electron chi connectivity index (χ0n) is 12.0. The van der Waals surface area contributed by atoms with Gasteiger partial charge in [0.25, 0.3) is 0 Å². The van der Waals surface area contributed by atoms with E-state index in [4.69, 9.17) is 0 Å². The average molecular weight is 265 g/mol. The molecule has 1 aliphatic rings. The van der Waals surface area contributed by atoms with Crippen molar-refractivity contribution in [1.82, 2.24) is 0 Å². The van der Waals surface area contributed by atoms with Gasteiger partial charge < -0.3 is 4.90 Å². The third-order valence-corrected chi connectivity index (χ3v) is 4.30. The second-order valence-corrected chi connectivity index (χ2v) is 5.79. The molecule has 0 unspecified atom stereocenters. The number of benzene rings is 2. The molecule has 0 radical (unpaired) electrons. The minimum absolute atomic E-state index is 0.837. The van der Waals surface area contributed by atoms with Crippen LogP contribution in [0, 0.1) is 5.92 Å². The van der Waals surface area contributed by atoms with Crippen molar-refractivity contribution in [3.8, 4) is 0 Å². The predicted molar refractivity (Wildman–Crippen MR) is 86.5 cm³/mol. The quantitative estimate of drug-likeness (QED) is 0.715. The predicted octanol–water partition coefficient (Wildman–Crippen LogP) is 5.41. The van der Waals surface area contributed by atoms with Crippen LogP contribution in [0.1, 0.15) is 32.1 Å². The molecule has 1 nitrogen and oxygen atoms in total. The molecule has 0 aliphatic heterocycles. The minimum Gasteiger partial charge on any atom is -0.341 e. The van der Waals surface area contributed by atoms with Crippen LogP contribution in [0.2, 0.25) is 0 Å². The fourth-order valence-corrected chi connectivity index (χ4v) is 3.20. The largest absolute Gasteiger partial charge is 0.341 e. The Balaban J connectivity index is 1.83. The van der Waals surface area contributed by atoms with Gasteiger partial charge in [-0.3, -0.25) is 0 Å². The van der Waals surface area contributed by atoms with Crippen molar-refractivity contribution in [2.45, 2.75) is 32.1 Å². The molecule has 2 aromatic rings. The minimum atomic E-state index is 0.837. The standard InChI is InChI=1S/C19H23N/c1-4-10-17(11-5-1)16-20(18-12-6-2-7-13-18)19-14-8-3-9-15-19/h2-3,6-9,12-15,17H,1,4-5,10-11,16H2. The van der Waals surface area contributed by atoms with Crippen molar-refractivity contribution in [3.05, 3.63) is 60.7 Å². The highest BCUT2D eigenvalue weighted by Gasteiger charge is 2.18. The summed E-state index contributed by atoms with van der Waals surface area (Å²) in [5, 5.41) is 0. The number of hydrogen-bond donors (Lipinski definition) is 0. The second-order valence-electron chi connectivity index (χ2n) is 5.79. The van der Waals surface area contributed by atoms with Crippen molar-refractivity contribution < 1.29 is 0 Å². The van der Waals surface area contributed by atoms with E-state index in [1.54, 1.807) is 0 Å². The monoisotopic (exact) mass is 265 g/mol. The second kappa shape index (κ2) is 6.60. The fraction of sp³-hybridized carbons (Fsp3) is 0.368. The van der Waals surface area contributed by atoms with Gasteiger partial charge in [0.2, 0.25) is 0 Å². The highest BCUT2D eigenvalue weighted by molar-refractivity contribution is 5.62. The summed E-state index contributed by atoms with van der Waals surface area (Å²) in [6, 6.07) is 21.6. The highest BCUT2D eigenvalue weighted by atomic mass is 15.1. The molecule has 0 N–H and O–H groups in total. The summed E-state index contributed by atoms with van der Waals surface area (Å²) in [6.07, 6.45) is 7.00. The van der Waals surface area contributed by atoms with E-state index in [-0.39, 0.29) is 0 Å². The maximum absolute atomic E-state index is 2.48. The zero-order chi connectivity index (χ0) is 13.6. The summed E-state index contributed by atoms with van der Waals surface area (Å²) in [4.78, 5) is 2.48. The summed E-state index contributed by atoms with van der Waals surface area (Å²) >= 11 is 0. The van der Waals surface area contributed by atoms with Gasteiger partial charge in [-0.25, -0.2) is 0 Å². The summed E-state index contributed by atoms with van der Waals surface area (Å²) in [6.45, 7) is 1.15. The van der Waals surface area contributed by atoms with E-state index in [0.717, 1.165) is 12.5 Å². The van der Waals surface area contributed by atoms with E-state index in [9.17, 15) is 0 Å². The number of hydrogen-bond acceptors (Lipinski definition) is 1. The van der Waals surface area contributed by atoms with E-state index in [2.05, 4.69) is 65.6 Å². The van der Waals surface area contributed by atoms with Crippen LogP contribution in [-0.2, 0) is 0 Å². The summed E-state index contributed by atoms with van der Waals surface area (Å²) in [5.41, 5.74) is 2.62. The van der Waals surface area contributed by atoms with E-state index >= 15 is 0 Å². The first-order valence-corrected chi connectivity index (χ1v) is 7.81. The molecule has 0 bridgehead atoms. The third-order valence-electron chi connectivity index (χ3n) is 4.30. The van der Waals surface area contributed by atoms with Crippen molar-refractivity contribution in [3.63, 3.8) is 0 Å². The Morgan fingerprint density at radius 1 is 0.700 bits per heavy atom. The van der Waals surface area contributed by atoms with Gasteiger partial charge in [0, 0.05) is 17.9 Å². The van der Waals surface area contributed by atoms with Crippen LogP contribution in [-0.4, -0.2) is 6.54 Å². The van der Waals surface area contributed by atoms with E-state index in [1.807, 2.05) is 0 Å². The van der Waals surface area contributed by atoms with Gasteiger partial charge in [-0.1, -0.05) is 55.7 Å². The molecular weight excluding hydrogens is 242 g/mol. The number of anilines is 2. The molecule has 0 amide bonds. The third kappa shape index (κ3) is 3.22. The van der Waals surface area contributed by atoms with Gasteiger partial charge in [0.1, 0.15) is 0 Å². The lowest BCUT2D eigenvalue weighted by Gasteiger charge is -2.31. The summed E-state index contributed by atoms with van der Waals surface area (Å²) in [7, 11) is 0. The first kappa shape index (κ1) is 13.2. The molecule has 1 heteroatoms. The SMILES string of the molecule is c1ccc(N(CC2CCCCC2)c2ccccc2)cc1. The molecule has 20 heavy (non-hydrogen) atoms. The van der Waals surface area contributed by atoms with Crippen LogP contribution in [0.25, 0.3) is 0 Å². The number of para-hydroxylation sites is 2. The molecule has 104 valence electrons. The first-order valence-electron chi connectivity index (χ1n) is 7.81. The Morgan fingerprint density at radius 3 is 1.70 bits per heavy atom. The van der Waals surface area contributed by atoms with Crippen LogP contribution >= 0.6 is 0 Å². The van der Waals surface area contributed by atoms with Gasteiger partial charge in [-0.15, -0.1) is 0 Å². The average Bonchev–Trinajstić information content (AvgIpc) is 2.55. The van der Waals surface area contributed by atoms with Crippen LogP contribution in [0.3, 0.4) is 0 Å². The van der Waals surface area contributed by atoms with E-state index in [0.29, 0.717) is 0 Å². The van der Waals surface area contributed by atoms with Gasteiger partial charge in [0.05, 0.1) is 0 Å². The molecule has 0 spiro atoms. The maximum atomic E-state index is 2.48. The van der Waals surface area contributed by atoms with Gasteiger partial charge in [-0.05, 0) is 43.0 Å². The molecule has 2 aromatic carbocycles. The Hall–Kier alpha value is -1.76. The van der Waals surface area contributed by atoms with E-state index < -0.39 is 0 Å².